The summed E-state index contributed by atoms with van der Waals surface area (Å²) in [5.74, 6) is 1.07. The lowest BCUT2D eigenvalue weighted by Gasteiger charge is -2.32. The molecule has 1 saturated heterocycles. The number of hydrogen-bond acceptors (Lipinski definition) is 4. The Morgan fingerprint density at radius 3 is 2.70 bits per heavy atom. The second-order valence-electron chi connectivity index (χ2n) is 7.74. The van der Waals surface area contributed by atoms with E-state index >= 15 is 0 Å². The lowest BCUT2D eigenvalue weighted by molar-refractivity contribution is -0.126. The largest absolute Gasteiger partial charge is 0.493 e. The summed E-state index contributed by atoms with van der Waals surface area (Å²) in [6, 6.07) is 7.61. The molecule has 1 aliphatic rings. The number of amides is 2. The number of aryl methyl sites for hydroxylation is 2. The van der Waals surface area contributed by atoms with E-state index in [9.17, 15) is 9.59 Å². The van der Waals surface area contributed by atoms with Gasteiger partial charge in [-0.3, -0.25) is 9.59 Å². The van der Waals surface area contributed by atoms with Crippen molar-refractivity contribution in [3.63, 3.8) is 0 Å². The Morgan fingerprint density at radius 1 is 1.23 bits per heavy atom. The molecule has 7 nitrogen and oxygen atoms in total. The molecule has 7 heteroatoms. The Labute approximate surface area is 177 Å². The maximum Gasteiger partial charge on any atom is 0.270 e. The lowest BCUT2D eigenvalue weighted by atomic mass is 9.96. The van der Waals surface area contributed by atoms with Gasteiger partial charge in [-0.05, 0) is 62.9 Å². The number of piperidine rings is 1. The van der Waals surface area contributed by atoms with Gasteiger partial charge in [0.15, 0.2) is 11.5 Å². The SMILES string of the molecule is CCOc1ccc(CNC(=O)C2CCCN(C(=O)c3[nH]c(C)cc3C)C2)cc1OC. The summed E-state index contributed by atoms with van der Waals surface area (Å²) in [5, 5.41) is 3.01. The number of H-pyrrole nitrogens is 1. The molecule has 0 spiro atoms. The molecule has 2 aromatic rings. The monoisotopic (exact) mass is 413 g/mol. The van der Waals surface area contributed by atoms with Crippen LogP contribution in [0.3, 0.4) is 0 Å². The summed E-state index contributed by atoms with van der Waals surface area (Å²) in [6.07, 6.45) is 1.60. The second kappa shape index (κ2) is 9.69. The van der Waals surface area contributed by atoms with Gasteiger partial charge in [0.05, 0.1) is 19.6 Å². The number of benzene rings is 1. The standard InChI is InChI=1S/C23H31N3O4/c1-5-30-19-9-8-17(12-20(19)29-4)13-24-22(27)18-7-6-10-26(14-18)23(28)21-15(2)11-16(3)25-21/h8-9,11-12,18,25H,5-7,10,13-14H2,1-4H3,(H,24,27). The van der Waals surface area contributed by atoms with Crippen LogP contribution in [-0.2, 0) is 11.3 Å². The zero-order valence-electron chi connectivity index (χ0n) is 18.2. The van der Waals surface area contributed by atoms with Gasteiger partial charge in [0.25, 0.3) is 5.91 Å². The molecule has 1 fully saturated rings. The first-order chi connectivity index (χ1) is 14.4. The Balaban J connectivity index is 1.59. The molecule has 1 aliphatic heterocycles. The van der Waals surface area contributed by atoms with E-state index < -0.39 is 0 Å². The van der Waals surface area contributed by atoms with Crippen molar-refractivity contribution in [1.82, 2.24) is 15.2 Å². The number of carbonyl (C=O) groups is 2. The van der Waals surface area contributed by atoms with Gasteiger partial charge >= 0.3 is 0 Å². The maximum absolute atomic E-state index is 12.9. The topological polar surface area (TPSA) is 83.7 Å². The van der Waals surface area contributed by atoms with Crippen molar-refractivity contribution in [1.29, 1.82) is 0 Å². The van der Waals surface area contributed by atoms with Gasteiger partial charge in [-0.2, -0.15) is 0 Å². The van der Waals surface area contributed by atoms with E-state index in [0.717, 1.165) is 29.7 Å². The van der Waals surface area contributed by atoms with Gasteiger partial charge in [0.2, 0.25) is 5.91 Å². The normalized spacial score (nSPS) is 16.3. The molecule has 2 N–H and O–H groups in total. The summed E-state index contributed by atoms with van der Waals surface area (Å²) in [5.41, 5.74) is 3.46. The first kappa shape index (κ1) is 21.7. The number of ether oxygens (including phenoxy) is 2. The van der Waals surface area contributed by atoms with Crippen molar-refractivity contribution >= 4 is 11.8 Å². The number of aromatic amines is 1. The Hall–Kier alpha value is -2.96. The summed E-state index contributed by atoms with van der Waals surface area (Å²) in [4.78, 5) is 30.6. The van der Waals surface area contributed by atoms with Crippen LogP contribution in [0.5, 0.6) is 11.5 Å². The fourth-order valence-corrected chi connectivity index (χ4v) is 3.91. The molecule has 1 aromatic heterocycles. The average Bonchev–Trinajstić information content (AvgIpc) is 3.10. The number of methoxy groups -OCH3 is 1. The van der Waals surface area contributed by atoms with Crippen molar-refractivity contribution in [3.05, 3.63) is 46.8 Å². The molecule has 0 bridgehead atoms. The summed E-state index contributed by atoms with van der Waals surface area (Å²) in [6.45, 7) is 7.86. The van der Waals surface area contributed by atoms with Crippen LogP contribution in [-0.4, -0.2) is 48.5 Å². The van der Waals surface area contributed by atoms with E-state index in [4.69, 9.17) is 9.47 Å². The minimum Gasteiger partial charge on any atom is -0.493 e. The summed E-state index contributed by atoms with van der Waals surface area (Å²) in [7, 11) is 1.60. The van der Waals surface area contributed by atoms with Gasteiger partial charge in [0.1, 0.15) is 5.69 Å². The number of aromatic nitrogens is 1. The molecule has 2 heterocycles. The second-order valence-corrected chi connectivity index (χ2v) is 7.74. The molecule has 1 unspecified atom stereocenters. The van der Waals surface area contributed by atoms with E-state index in [1.165, 1.54) is 0 Å². The van der Waals surface area contributed by atoms with Crippen molar-refractivity contribution in [2.75, 3.05) is 26.8 Å². The fourth-order valence-electron chi connectivity index (χ4n) is 3.91. The molecule has 1 atom stereocenters. The highest BCUT2D eigenvalue weighted by Gasteiger charge is 2.30. The highest BCUT2D eigenvalue weighted by Crippen LogP contribution is 2.28. The van der Waals surface area contributed by atoms with E-state index in [0.29, 0.717) is 43.4 Å². The minimum atomic E-state index is -0.205. The lowest BCUT2D eigenvalue weighted by Crippen LogP contribution is -2.45. The first-order valence-corrected chi connectivity index (χ1v) is 10.5. The molecule has 0 radical (unpaired) electrons. The average molecular weight is 414 g/mol. The van der Waals surface area contributed by atoms with Crippen molar-refractivity contribution in [3.8, 4) is 11.5 Å². The minimum absolute atomic E-state index is 0.0280. The summed E-state index contributed by atoms with van der Waals surface area (Å²) < 4.78 is 10.9. The van der Waals surface area contributed by atoms with Crippen LogP contribution in [0, 0.1) is 19.8 Å². The van der Waals surface area contributed by atoms with Gasteiger partial charge in [-0.25, -0.2) is 0 Å². The highest BCUT2D eigenvalue weighted by molar-refractivity contribution is 5.94. The van der Waals surface area contributed by atoms with Gasteiger partial charge < -0.3 is 24.7 Å². The molecular formula is C23H31N3O4. The number of rotatable bonds is 7. The highest BCUT2D eigenvalue weighted by atomic mass is 16.5. The number of carbonyl (C=O) groups excluding carboxylic acids is 2. The predicted octanol–water partition coefficient (Wildman–Crippen LogP) is 3.21. The third-order valence-corrected chi connectivity index (χ3v) is 5.44. The quantitative estimate of drug-likeness (QED) is 0.730. The van der Waals surface area contributed by atoms with Crippen molar-refractivity contribution in [2.45, 2.75) is 40.2 Å². The number of hydrogen-bond donors (Lipinski definition) is 2. The van der Waals surface area contributed by atoms with E-state index in [-0.39, 0.29) is 17.7 Å². The Morgan fingerprint density at radius 2 is 2.03 bits per heavy atom. The van der Waals surface area contributed by atoms with Gasteiger partial charge in [0, 0.05) is 25.3 Å². The Bertz CT molecular complexity index is 906. The third kappa shape index (κ3) is 4.96. The van der Waals surface area contributed by atoms with Crippen LogP contribution in [0.1, 0.15) is 47.1 Å². The van der Waals surface area contributed by atoms with E-state index in [1.807, 2.05) is 45.0 Å². The molecular weight excluding hydrogens is 382 g/mol. The zero-order valence-corrected chi connectivity index (χ0v) is 18.2. The molecule has 0 aliphatic carbocycles. The van der Waals surface area contributed by atoms with Gasteiger partial charge in [-0.15, -0.1) is 0 Å². The van der Waals surface area contributed by atoms with Gasteiger partial charge in [-0.1, -0.05) is 6.07 Å². The van der Waals surface area contributed by atoms with Crippen molar-refractivity contribution in [2.24, 2.45) is 5.92 Å². The van der Waals surface area contributed by atoms with Crippen LogP contribution < -0.4 is 14.8 Å². The smallest absolute Gasteiger partial charge is 0.270 e. The van der Waals surface area contributed by atoms with Crippen LogP contribution >= 0.6 is 0 Å². The zero-order chi connectivity index (χ0) is 21.7. The molecule has 3 rings (SSSR count). The number of nitrogens with zero attached hydrogens (tertiary/aromatic N) is 1. The molecule has 0 saturated carbocycles. The van der Waals surface area contributed by atoms with E-state index in [1.54, 1.807) is 12.0 Å². The van der Waals surface area contributed by atoms with E-state index in [2.05, 4.69) is 10.3 Å². The third-order valence-electron chi connectivity index (χ3n) is 5.44. The van der Waals surface area contributed by atoms with Crippen molar-refractivity contribution < 1.29 is 19.1 Å². The fraction of sp³-hybridized carbons (Fsp3) is 0.478. The number of likely N-dealkylation sites (tertiary alicyclic amines) is 1. The molecule has 162 valence electrons. The first-order valence-electron chi connectivity index (χ1n) is 10.5. The number of nitrogens with one attached hydrogen (secondary N) is 2. The van der Waals surface area contributed by atoms with Crippen LogP contribution in [0.25, 0.3) is 0 Å². The molecule has 2 amide bonds. The van der Waals surface area contributed by atoms with Crippen LogP contribution in [0.4, 0.5) is 0 Å². The van der Waals surface area contributed by atoms with Crippen LogP contribution in [0.2, 0.25) is 0 Å². The predicted molar refractivity (Wildman–Crippen MR) is 115 cm³/mol. The molecule has 30 heavy (non-hydrogen) atoms. The summed E-state index contributed by atoms with van der Waals surface area (Å²) >= 11 is 0. The molecule has 1 aromatic carbocycles. The maximum atomic E-state index is 12.9. The Kier molecular flexibility index (Phi) is 7.03. The van der Waals surface area contributed by atoms with Crippen LogP contribution in [0.15, 0.2) is 24.3 Å².